The first-order chi connectivity index (χ1) is 11.0. The molecule has 0 saturated heterocycles. The van der Waals surface area contributed by atoms with Crippen molar-refractivity contribution in [2.75, 3.05) is 11.9 Å². The Bertz CT molecular complexity index is 481. The van der Waals surface area contributed by atoms with Crippen molar-refractivity contribution >= 4 is 17.5 Å². The molecule has 1 aromatic rings. The van der Waals surface area contributed by atoms with Gasteiger partial charge in [-0.2, -0.15) is 0 Å². The average Bonchev–Trinajstić information content (AvgIpc) is 2.54. The van der Waals surface area contributed by atoms with E-state index in [0.29, 0.717) is 18.2 Å². The van der Waals surface area contributed by atoms with Crippen molar-refractivity contribution in [3.63, 3.8) is 0 Å². The molecule has 4 heteroatoms. The zero-order valence-corrected chi connectivity index (χ0v) is 14.7. The molecule has 0 radical (unpaired) electrons. The summed E-state index contributed by atoms with van der Waals surface area (Å²) in [6.07, 6.45) is 6.96. The summed E-state index contributed by atoms with van der Waals surface area (Å²) in [6.45, 7) is 6.98. The van der Waals surface area contributed by atoms with Crippen LogP contribution in [0.4, 0.5) is 5.69 Å². The predicted octanol–water partition coefficient (Wildman–Crippen LogP) is 4.23. The Morgan fingerprint density at radius 2 is 1.52 bits per heavy atom. The number of carbonyl (C=O) groups excluding carboxylic acids is 2. The van der Waals surface area contributed by atoms with Gasteiger partial charge in [0.05, 0.1) is 0 Å². The molecule has 23 heavy (non-hydrogen) atoms. The molecule has 0 aromatic heterocycles. The normalized spacial score (nSPS) is 10.6. The summed E-state index contributed by atoms with van der Waals surface area (Å²) in [5.74, 6) is -0.722. The number of amides is 2. The van der Waals surface area contributed by atoms with Gasteiger partial charge in [-0.25, -0.2) is 0 Å². The molecule has 0 aliphatic carbocycles. The van der Waals surface area contributed by atoms with Crippen LogP contribution in [-0.4, -0.2) is 18.4 Å². The monoisotopic (exact) mass is 318 g/mol. The second-order valence-electron chi connectivity index (χ2n) is 6.25. The van der Waals surface area contributed by atoms with Crippen LogP contribution in [0.2, 0.25) is 0 Å². The molecule has 0 atom stereocenters. The third-order valence-electron chi connectivity index (χ3n) is 3.86. The lowest BCUT2D eigenvalue weighted by Crippen LogP contribution is -2.35. The van der Waals surface area contributed by atoms with Crippen LogP contribution in [0.25, 0.3) is 0 Å². The number of hydrogen-bond acceptors (Lipinski definition) is 2. The Morgan fingerprint density at radius 1 is 0.913 bits per heavy atom. The van der Waals surface area contributed by atoms with Crippen molar-refractivity contribution < 1.29 is 9.59 Å². The fourth-order valence-corrected chi connectivity index (χ4v) is 2.33. The standard InChI is InChI=1S/C19H30N2O2/c1-4-5-6-7-8-9-14-20-18(22)19(23)21-17-12-10-16(11-13-17)15(2)3/h10-13,15H,4-9,14H2,1-3H3,(H,20,22)(H,21,23). The molecule has 1 rings (SSSR count). The van der Waals surface area contributed by atoms with Crippen LogP contribution in [0.1, 0.15) is 70.8 Å². The second-order valence-corrected chi connectivity index (χ2v) is 6.25. The van der Waals surface area contributed by atoms with Gasteiger partial charge in [0.15, 0.2) is 0 Å². The lowest BCUT2D eigenvalue weighted by atomic mass is 10.0. The van der Waals surface area contributed by atoms with E-state index in [2.05, 4.69) is 31.4 Å². The summed E-state index contributed by atoms with van der Waals surface area (Å²) in [5, 5.41) is 5.30. The number of rotatable bonds is 9. The summed E-state index contributed by atoms with van der Waals surface area (Å²) < 4.78 is 0. The van der Waals surface area contributed by atoms with Gasteiger partial charge in [0, 0.05) is 12.2 Å². The first kappa shape index (κ1) is 19.2. The molecule has 0 fully saturated rings. The van der Waals surface area contributed by atoms with Gasteiger partial charge in [0.2, 0.25) is 0 Å². The van der Waals surface area contributed by atoms with E-state index in [9.17, 15) is 9.59 Å². The molecule has 0 bridgehead atoms. The Kier molecular flexibility index (Phi) is 9.03. The zero-order chi connectivity index (χ0) is 17.1. The summed E-state index contributed by atoms with van der Waals surface area (Å²) in [6, 6.07) is 7.59. The molecule has 2 amide bonds. The maximum absolute atomic E-state index is 11.8. The van der Waals surface area contributed by atoms with E-state index in [1.54, 1.807) is 0 Å². The summed E-state index contributed by atoms with van der Waals surface area (Å²) in [7, 11) is 0. The first-order valence-electron chi connectivity index (χ1n) is 8.73. The number of nitrogens with one attached hydrogen (secondary N) is 2. The van der Waals surface area contributed by atoms with Crippen LogP contribution >= 0.6 is 0 Å². The Hall–Kier alpha value is -1.84. The van der Waals surface area contributed by atoms with Crippen LogP contribution in [0.15, 0.2) is 24.3 Å². The van der Waals surface area contributed by atoms with Gasteiger partial charge < -0.3 is 10.6 Å². The highest BCUT2D eigenvalue weighted by molar-refractivity contribution is 6.39. The Labute approximate surface area is 140 Å². The van der Waals surface area contributed by atoms with Crippen LogP contribution in [0.5, 0.6) is 0 Å². The van der Waals surface area contributed by atoms with Crippen LogP contribution in [-0.2, 0) is 9.59 Å². The van der Waals surface area contributed by atoms with Gasteiger partial charge in [0.25, 0.3) is 0 Å². The van der Waals surface area contributed by atoms with Crippen molar-refractivity contribution in [1.82, 2.24) is 5.32 Å². The number of carbonyl (C=O) groups is 2. The summed E-state index contributed by atoms with van der Waals surface area (Å²) in [5.41, 5.74) is 1.85. The first-order valence-corrected chi connectivity index (χ1v) is 8.73. The lowest BCUT2D eigenvalue weighted by Gasteiger charge is -2.09. The molecule has 0 aliphatic rings. The van der Waals surface area contributed by atoms with Crippen LogP contribution < -0.4 is 10.6 Å². The molecule has 0 aliphatic heterocycles. The molecule has 0 spiro atoms. The van der Waals surface area contributed by atoms with Crippen molar-refractivity contribution in [1.29, 1.82) is 0 Å². The van der Waals surface area contributed by atoms with Crippen molar-refractivity contribution in [3.05, 3.63) is 29.8 Å². The fraction of sp³-hybridized carbons (Fsp3) is 0.579. The van der Waals surface area contributed by atoms with Crippen molar-refractivity contribution in [2.24, 2.45) is 0 Å². The van der Waals surface area contributed by atoms with Gasteiger partial charge >= 0.3 is 11.8 Å². The van der Waals surface area contributed by atoms with Crippen LogP contribution in [0.3, 0.4) is 0 Å². The topological polar surface area (TPSA) is 58.2 Å². The van der Waals surface area contributed by atoms with E-state index in [1.165, 1.54) is 31.2 Å². The second kappa shape index (κ2) is 10.8. The van der Waals surface area contributed by atoms with Crippen molar-refractivity contribution in [2.45, 2.75) is 65.2 Å². The molecule has 0 unspecified atom stereocenters. The molecular formula is C19H30N2O2. The molecular weight excluding hydrogens is 288 g/mol. The highest BCUT2D eigenvalue weighted by atomic mass is 16.2. The highest BCUT2D eigenvalue weighted by Gasteiger charge is 2.12. The number of hydrogen-bond donors (Lipinski definition) is 2. The van der Waals surface area contributed by atoms with Gasteiger partial charge in [0.1, 0.15) is 0 Å². The van der Waals surface area contributed by atoms with E-state index in [-0.39, 0.29) is 0 Å². The zero-order valence-electron chi connectivity index (χ0n) is 14.7. The molecule has 2 N–H and O–H groups in total. The van der Waals surface area contributed by atoms with Gasteiger partial charge in [-0.05, 0) is 30.0 Å². The smallest absolute Gasteiger partial charge is 0.313 e. The van der Waals surface area contributed by atoms with E-state index < -0.39 is 11.8 Å². The Morgan fingerprint density at radius 3 is 2.13 bits per heavy atom. The minimum Gasteiger partial charge on any atom is -0.348 e. The van der Waals surface area contributed by atoms with Gasteiger partial charge in [-0.1, -0.05) is 65.0 Å². The van der Waals surface area contributed by atoms with Gasteiger partial charge in [-0.3, -0.25) is 9.59 Å². The third-order valence-corrected chi connectivity index (χ3v) is 3.86. The number of unbranched alkanes of at least 4 members (excludes halogenated alkanes) is 5. The summed E-state index contributed by atoms with van der Waals surface area (Å²) >= 11 is 0. The van der Waals surface area contributed by atoms with E-state index in [0.717, 1.165) is 12.8 Å². The molecule has 128 valence electrons. The molecule has 4 nitrogen and oxygen atoms in total. The third kappa shape index (κ3) is 7.82. The van der Waals surface area contributed by atoms with Crippen LogP contribution in [0, 0.1) is 0 Å². The van der Waals surface area contributed by atoms with Gasteiger partial charge in [-0.15, -0.1) is 0 Å². The number of anilines is 1. The average molecular weight is 318 g/mol. The summed E-state index contributed by atoms with van der Waals surface area (Å²) in [4.78, 5) is 23.5. The van der Waals surface area contributed by atoms with E-state index in [4.69, 9.17) is 0 Å². The predicted molar refractivity (Wildman–Crippen MR) is 95.5 cm³/mol. The molecule has 1 aromatic carbocycles. The van der Waals surface area contributed by atoms with E-state index in [1.807, 2.05) is 24.3 Å². The minimum atomic E-state index is -0.603. The van der Waals surface area contributed by atoms with E-state index >= 15 is 0 Å². The quantitative estimate of drug-likeness (QED) is 0.529. The highest BCUT2D eigenvalue weighted by Crippen LogP contribution is 2.16. The largest absolute Gasteiger partial charge is 0.348 e. The SMILES string of the molecule is CCCCCCCCNC(=O)C(=O)Nc1ccc(C(C)C)cc1. The lowest BCUT2D eigenvalue weighted by molar-refractivity contribution is -0.136. The number of benzene rings is 1. The maximum Gasteiger partial charge on any atom is 0.313 e. The maximum atomic E-state index is 11.8. The molecule has 0 heterocycles. The van der Waals surface area contributed by atoms with Crippen molar-refractivity contribution in [3.8, 4) is 0 Å². The fourth-order valence-electron chi connectivity index (χ4n) is 2.33. The minimum absolute atomic E-state index is 0.445. The molecule has 0 saturated carbocycles. The Balaban J connectivity index is 2.24.